The lowest BCUT2D eigenvalue weighted by Gasteiger charge is -2.41. The highest BCUT2D eigenvalue weighted by Crippen LogP contribution is 2.38. The predicted molar refractivity (Wildman–Crippen MR) is 162 cm³/mol. The molecular weight excluding hydrogens is 478 g/mol. The molecular formula is C32H66F2N4. The summed E-state index contributed by atoms with van der Waals surface area (Å²) in [4.78, 5) is 9.58. The molecule has 0 aromatic heterocycles. The summed E-state index contributed by atoms with van der Waals surface area (Å²) in [5.41, 5.74) is 0. The van der Waals surface area contributed by atoms with Crippen LogP contribution < -0.4 is 0 Å². The molecule has 0 saturated carbocycles. The van der Waals surface area contributed by atoms with E-state index in [4.69, 9.17) is 0 Å². The van der Waals surface area contributed by atoms with Crippen LogP contribution in [-0.2, 0) is 0 Å². The standard InChI is InChI=1S/C11H21F2N.C11H23N.C10H22N2/c1-8(2)10-5-6-14(9(3)4)7-11(10,12)13;2*1-9(2)11-5-7-12(8-6-11)10(3)4/h8-10H,5-7H2,1-4H3;9-11H,5-8H2,1-4H3;9-10H,5-8H2,1-4H3. The van der Waals surface area contributed by atoms with E-state index in [1.165, 1.54) is 52.1 Å². The summed E-state index contributed by atoms with van der Waals surface area (Å²) in [6.45, 7) is 34.6. The maximum absolute atomic E-state index is 13.7. The van der Waals surface area contributed by atoms with Gasteiger partial charge >= 0.3 is 0 Å². The van der Waals surface area contributed by atoms with Gasteiger partial charge in [0.1, 0.15) is 0 Å². The van der Waals surface area contributed by atoms with Gasteiger partial charge in [0.15, 0.2) is 0 Å². The summed E-state index contributed by atoms with van der Waals surface area (Å²) >= 11 is 0. The summed E-state index contributed by atoms with van der Waals surface area (Å²) in [5, 5.41) is 0. The molecule has 4 nitrogen and oxygen atoms in total. The van der Waals surface area contributed by atoms with E-state index in [2.05, 4.69) is 70.1 Å². The fraction of sp³-hybridized carbons (Fsp3) is 1.00. The van der Waals surface area contributed by atoms with Gasteiger partial charge in [0.05, 0.1) is 6.54 Å². The highest BCUT2D eigenvalue weighted by atomic mass is 19.3. The highest BCUT2D eigenvalue weighted by molar-refractivity contribution is 4.89. The molecule has 3 aliphatic heterocycles. The first-order valence-corrected chi connectivity index (χ1v) is 15.9. The Bertz CT molecular complexity index is 541. The summed E-state index contributed by atoms with van der Waals surface area (Å²) in [7, 11) is 0. The lowest BCUT2D eigenvalue weighted by atomic mass is 9.83. The zero-order valence-electron chi connectivity index (χ0n) is 27.4. The van der Waals surface area contributed by atoms with Crippen molar-refractivity contribution in [1.82, 2.24) is 19.6 Å². The third-order valence-electron chi connectivity index (χ3n) is 9.28. The molecule has 0 radical (unpaired) electrons. The molecule has 0 amide bonds. The summed E-state index contributed by atoms with van der Waals surface area (Å²) < 4.78 is 27.4. The van der Waals surface area contributed by atoms with E-state index >= 15 is 0 Å². The average molecular weight is 545 g/mol. The van der Waals surface area contributed by atoms with Crippen molar-refractivity contribution in [3.8, 4) is 0 Å². The second kappa shape index (κ2) is 16.8. The van der Waals surface area contributed by atoms with Gasteiger partial charge in [-0.05, 0) is 112 Å². The molecule has 3 aliphatic rings. The Kier molecular flexibility index (Phi) is 15.8. The molecule has 0 aliphatic carbocycles. The molecule has 3 heterocycles. The number of halogens is 2. The highest BCUT2D eigenvalue weighted by Gasteiger charge is 2.46. The number of alkyl halides is 2. The van der Waals surface area contributed by atoms with E-state index in [0.29, 0.717) is 6.42 Å². The van der Waals surface area contributed by atoms with Crippen LogP contribution in [0.4, 0.5) is 8.78 Å². The lowest BCUT2D eigenvalue weighted by Crippen LogP contribution is -2.52. The number of nitrogens with zero attached hydrogens (tertiary/aromatic N) is 4. The van der Waals surface area contributed by atoms with Crippen molar-refractivity contribution in [3.63, 3.8) is 0 Å². The van der Waals surface area contributed by atoms with Gasteiger partial charge in [0.25, 0.3) is 5.92 Å². The first-order valence-electron chi connectivity index (χ1n) is 15.9. The molecule has 0 N–H and O–H groups in total. The van der Waals surface area contributed by atoms with Crippen LogP contribution in [0, 0.1) is 23.7 Å². The second-order valence-corrected chi connectivity index (χ2v) is 13.9. The number of likely N-dealkylation sites (tertiary alicyclic amines) is 2. The largest absolute Gasteiger partial charge is 0.301 e. The van der Waals surface area contributed by atoms with E-state index in [0.717, 1.165) is 36.5 Å². The molecule has 0 spiro atoms. The van der Waals surface area contributed by atoms with Gasteiger partial charge in [-0.3, -0.25) is 14.7 Å². The van der Waals surface area contributed by atoms with Crippen molar-refractivity contribution in [3.05, 3.63) is 0 Å². The van der Waals surface area contributed by atoms with E-state index in [1.807, 2.05) is 32.6 Å². The number of piperazine rings is 1. The van der Waals surface area contributed by atoms with Crippen LogP contribution in [0.1, 0.15) is 102 Å². The van der Waals surface area contributed by atoms with Crippen LogP contribution in [0.15, 0.2) is 0 Å². The summed E-state index contributed by atoms with van der Waals surface area (Å²) in [6, 6.07) is 2.42. The Hall–Kier alpha value is -0.300. The SMILES string of the molecule is CC(C)C1CCN(C(C)C)CC1.CC(C)C1CCN(C(C)C)CC1(F)F.CC(C)N1CCN(C(C)C)CC1. The molecule has 1 unspecified atom stereocenters. The Morgan fingerprint density at radius 3 is 1.11 bits per heavy atom. The molecule has 3 fully saturated rings. The second-order valence-electron chi connectivity index (χ2n) is 13.9. The van der Waals surface area contributed by atoms with Gasteiger partial charge in [0.2, 0.25) is 0 Å². The minimum absolute atomic E-state index is 0.0620. The normalized spacial score (nSPS) is 24.8. The molecule has 228 valence electrons. The van der Waals surface area contributed by atoms with Gasteiger partial charge in [0, 0.05) is 56.3 Å². The summed E-state index contributed by atoms with van der Waals surface area (Å²) in [6.07, 6.45) is 3.45. The van der Waals surface area contributed by atoms with E-state index in [9.17, 15) is 8.78 Å². The predicted octanol–water partition coefficient (Wildman–Crippen LogP) is 7.19. The van der Waals surface area contributed by atoms with Crippen molar-refractivity contribution in [2.75, 3.05) is 52.4 Å². The third kappa shape index (κ3) is 12.1. The fourth-order valence-electron chi connectivity index (χ4n) is 6.12. The van der Waals surface area contributed by atoms with Crippen LogP contribution in [0.3, 0.4) is 0 Å². The number of piperidine rings is 2. The molecule has 6 heteroatoms. The van der Waals surface area contributed by atoms with Crippen LogP contribution in [0.25, 0.3) is 0 Å². The first kappa shape index (κ1) is 35.7. The van der Waals surface area contributed by atoms with Gasteiger partial charge in [-0.1, -0.05) is 27.7 Å². The van der Waals surface area contributed by atoms with Gasteiger partial charge in [-0.15, -0.1) is 0 Å². The van der Waals surface area contributed by atoms with Gasteiger partial charge < -0.3 is 4.90 Å². The average Bonchev–Trinajstić information content (AvgIpc) is 2.83. The monoisotopic (exact) mass is 545 g/mol. The topological polar surface area (TPSA) is 13.0 Å². The van der Waals surface area contributed by atoms with Crippen molar-refractivity contribution in [2.24, 2.45) is 23.7 Å². The van der Waals surface area contributed by atoms with Crippen molar-refractivity contribution < 1.29 is 8.78 Å². The lowest BCUT2D eigenvalue weighted by molar-refractivity contribution is -0.130. The van der Waals surface area contributed by atoms with Crippen LogP contribution >= 0.6 is 0 Å². The minimum atomic E-state index is -2.50. The number of hydrogen-bond donors (Lipinski definition) is 0. The van der Waals surface area contributed by atoms with Crippen LogP contribution in [0.2, 0.25) is 0 Å². The molecule has 1 atom stereocenters. The van der Waals surface area contributed by atoms with E-state index in [-0.39, 0.29) is 18.5 Å². The molecule has 0 bridgehead atoms. The molecule has 3 saturated heterocycles. The number of hydrogen-bond acceptors (Lipinski definition) is 4. The van der Waals surface area contributed by atoms with Crippen LogP contribution in [0.5, 0.6) is 0 Å². The quantitative estimate of drug-likeness (QED) is 0.351. The van der Waals surface area contributed by atoms with Gasteiger partial charge in [-0.2, -0.15) is 0 Å². The fourth-order valence-corrected chi connectivity index (χ4v) is 6.12. The zero-order valence-corrected chi connectivity index (χ0v) is 27.4. The molecule has 38 heavy (non-hydrogen) atoms. The first-order chi connectivity index (χ1) is 17.6. The van der Waals surface area contributed by atoms with Gasteiger partial charge in [-0.25, -0.2) is 8.78 Å². The molecule has 0 aromatic rings. The van der Waals surface area contributed by atoms with E-state index in [1.54, 1.807) is 0 Å². The van der Waals surface area contributed by atoms with E-state index < -0.39 is 11.8 Å². The Morgan fingerprint density at radius 2 is 0.816 bits per heavy atom. The van der Waals surface area contributed by atoms with Crippen molar-refractivity contribution in [1.29, 1.82) is 0 Å². The smallest absolute Gasteiger partial charge is 0.263 e. The Balaban J connectivity index is 0.000000286. The zero-order chi connectivity index (χ0) is 29.2. The minimum Gasteiger partial charge on any atom is -0.301 e. The van der Waals surface area contributed by atoms with Crippen molar-refractivity contribution in [2.45, 2.75) is 132 Å². The maximum Gasteiger partial charge on any atom is 0.263 e. The summed E-state index contributed by atoms with van der Waals surface area (Å²) in [5.74, 6) is -0.979. The Labute approximate surface area is 236 Å². The van der Waals surface area contributed by atoms with Crippen molar-refractivity contribution >= 4 is 0 Å². The third-order valence-corrected chi connectivity index (χ3v) is 9.28. The van der Waals surface area contributed by atoms with Crippen LogP contribution in [-0.4, -0.2) is 102 Å². The molecule has 0 aromatic carbocycles. The molecule has 3 rings (SSSR count). The number of rotatable bonds is 6. The maximum atomic E-state index is 13.7. The Morgan fingerprint density at radius 1 is 0.474 bits per heavy atom.